The molecule has 0 saturated carbocycles. The highest BCUT2D eigenvalue weighted by atomic mass is 32.2. The van der Waals surface area contributed by atoms with E-state index in [0.717, 1.165) is 6.42 Å². The zero-order valence-corrected chi connectivity index (χ0v) is 6.20. The monoisotopic (exact) mass is 135 g/mol. The lowest BCUT2D eigenvalue weighted by Gasteiger charge is -2.03. The van der Waals surface area contributed by atoms with Gasteiger partial charge >= 0.3 is 0 Å². The van der Waals surface area contributed by atoms with Crippen molar-refractivity contribution in [1.29, 1.82) is 0 Å². The Morgan fingerprint density at radius 1 is 1.75 bits per heavy atom. The zero-order valence-electron chi connectivity index (χ0n) is 5.39. The van der Waals surface area contributed by atoms with Gasteiger partial charge in [0.05, 0.1) is 0 Å². The SMILES string of the molecule is CCC(N)CS(C)=O. The second-order valence-electron chi connectivity index (χ2n) is 1.91. The maximum atomic E-state index is 10.4. The average Bonchev–Trinajstić information content (AvgIpc) is 1.65. The molecule has 0 heterocycles. The molecule has 0 saturated heterocycles. The van der Waals surface area contributed by atoms with E-state index in [4.69, 9.17) is 5.73 Å². The lowest BCUT2D eigenvalue weighted by molar-refractivity contribution is 0.667. The third kappa shape index (κ3) is 4.27. The molecule has 0 bridgehead atoms. The van der Waals surface area contributed by atoms with E-state index in [1.807, 2.05) is 6.92 Å². The molecular weight excluding hydrogens is 122 g/mol. The molecule has 0 aromatic carbocycles. The zero-order chi connectivity index (χ0) is 6.57. The van der Waals surface area contributed by atoms with Crippen LogP contribution in [-0.2, 0) is 10.8 Å². The average molecular weight is 135 g/mol. The Labute approximate surface area is 52.9 Å². The fourth-order valence-corrected chi connectivity index (χ4v) is 1.26. The second-order valence-corrected chi connectivity index (χ2v) is 3.39. The summed E-state index contributed by atoms with van der Waals surface area (Å²) in [5, 5.41) is 0. The fourth-order valence-electron chi connectivity index (χ4n) is 0.419. The molecule has 0 aromatic rings. The van der Waals surface area contributed by atoms with Gasteiger partial charge in [0.1, 0.15) is 0 Å². The number of nitrogens with two attached hydrogens (primary N) is 1. The van der Waals surface area contributed by atoms with Crippen LogP contribution in [0.5, 0.6) is 0 Å². The van der Waals surface area contributed by atoms with Crippen molar-refractivity contribution >= 4 is 10.8 Å². The van der Waals surface area contributed by atoms with Crippen molar-refractivity contribution in [1.82, 2.24) is 0 Å². The van der Waals surface area contributed by atoms with Gasteiger partial charge in [0.15, 0.2) is 0 Å². The predicted octanol–water partition coefficient (Wildman–Crippen LogP) is 0.102. The van der Waals surface area contributed by atoms with Crippen LogP contribution >= 0.6 is 0 Å². The summed E-state index contributed by atoms with van der Waals surface area (Å²) in [6.07, 6.45) is 2.59. The second kappa shape index (κ2) is 4.04. The van der Waals surface area contributed by atoms with E-state index in [-0.39, 0.29) is 6.04 Å². The van der Waals surface area contributed by atoms with Gasteiger partial charge in [-0.05, 0) is 6.42 Å². The summed E-state index contributed by atoms with van der Waals surface area (Å²) in [6, 6.07) is 0.126. The van der Waals surface area contributed by atoms with Crippen LogP contribution in [0.2, 0.25) is 0 Å². The molecule has 0 aliphatic heterocycles. The van der Waals surface area contributed by atoms with Gasteiger partial charge in [-0.1, -0.05) is 6.92 Å². The van der Waals surface area contributed by atoms with Crippen LogP contribution < -0.4 is 5.73 Å². The van der Waals surface area contributed by atoms with E-state index in [2.05, 4.69) is 0 Å². The van der Waals surface area contributed by atoms with E-state index in [1.54, 1.807) is 6.26 Å². The minimum Gasteiger partial charge on any atom is -0.327 e. The highest BCUT2D eigenvalue weighted by Crippen LogP contribution is 1.86. The molecule has 0 fully saturated rings. The normalized spacial score (nSPS) is 17.9. The molecular formula is C5H13NOS. The summed E-state index contributed by atoms with van der Waals surface area (Å²) >= 11 is 0. The summed E-state index contributed by atoms with van der Waals surface area (Å²) < 4.78 is 10.4. The van der Waals surface area contributed by atoms with Gasteiger partial charge in [-0.2, -0.15) is 0 Å². The molecule has 8 heavy (non-hydrogen) atoms. The lowest BCUT2D eigenvalue weighted by atomic mass is 10.3. The van der Waals surface area contributed by atoms with Crippen molar-refractivity contribution in [3.8, 4) is 0 Å². The van der Waals surface area contributed by atoms with E-state index >= 15 is 0 Å². The summed E-state index contributed by atoms with van der Waals surface area (Å²) in [7, 11) is -0.721. The van der Waals surface area contributed by atoms with Crippen LogP contribution in [0.3, 0.4) is 0 Å². The van der Waals surface area contributed by atoms with Gasteiger partial charge in [-0.25, -0.2) is 0 Å². The Morgan fingerprint density at radius 3 is 2.38 bits per heavy atom. The molecule has 50 valence electrons. The maximum Gasteiger partial charge on any atom is 0.0383 e. The van der Waals surface area contributed by atoms with Gasteiger partial charge in [0, 0.05) is 28.9 Å². The summed E-state index contributed by atoms with van der Waals surface area (Å²) in [5.74, 6) is 0.635. The first-order chi connectivity index (χ1) is 3.66. The van der Waals surface area contributed by atoms with Gasteiger partial charge < -0.3 is 5.73 Å². The van der Waals surface area contributed by atoms with Crippen molar-refractivity contribution in [3.63, 3.8) is 0 Å². The van der Waals surface area contributed by atoms with Gasteiger partial charge in [0.25, 0.3) is 0 Å². The Kier molecular flexibility index (Phi) is 4.09. The third-order valence-electron chi connectivity index (χ3n) is 0.973. The van der Waals surface area contributed by atoms with Crippen LogP contribution in [0.4, 0.5) is 0 Å². The van der Waals surface area contributed by atoms with Crippen LogP contribution in [0.1, 0.15) is 13.3 Å². The highest BCUT2D eigenvalue weighted by Gasteiger charge is 1.99. The van der Waals surface area contributed by atoms with E-state index < -0.39 is 10.8 Å². The van der Waals surface area contributed by atoms with Crippen molar-refractivity contribution in [2.75, 3.05) is 12.0 Å². The summed E-state index contributed by atoms with van der Waals surface area (Å²) in [5.41, 5.74) is 5.48. The van der Waals surface area contributed by atoms with Gasteiger partial charge in [0.2, 0.25) is 0 Å². The summed E-state index contributed by atoms with van der Waals surface area (Å²) in [6.45, 7) is 2.00. The topological polar surface area (TPSA) is 43.1 Å². The third-order valence-corrected chi connectivity index (χ3v) is 1.87. The number of hydrogen-bond donors (Lipinski definition) is 1. The molecule has 2 nitrogen and oxygen atoms in total. The molecule has 0 aromatic heterocycles. The lowest BCUT2D eigenvalue weighted by Crippen LogP contribution is -2.25. The quantitative estimate of drug-likeness (QED) is 0.596. The van der Waals surface area contributed by atoms with E-state index in [1.165, 1.54) is 0 Å². The number of rotatable bonds is 3. The standard InChI is InChI=1S/C5H13NOS/c1-3-5(6)4-8(2)7/h5H,3-4,6H2,1-2H3. The molecule has 0 spiro atoms. The Morgan fingerprint density at radius 2 is 2.25 bits per heavy atom. The largest absolute Gasteiger partial charge is 0.327 e. The van der Waals surface area contributed by atoms with Crippen molar-refractivity contribution in [3.05, 3.63) is 0 Å². The molecule has 0 radical (unpaired) electrons. The van der Waals surface area contributed by atoms with Crippen LogP contribution in [0, 0.1) is 0 Å². The fraction of sp³-hybridized carbons (Fsp3) is 1.00. The first-order valence-corrected chi connectivity index (χ1v) is 4.45. The minimum absolute atomic E-state index is 0.126. The molecule has 0 aliphatic rings. The molecule has 0 rings (SSSR count). The smallest absolute Gasteiger partial charge is 0.0383 e. The van der Waals surface area contributed by atoms with Crippen LogP contribution in [0.15, 0.2) is 0 Å². The first kappa shape index (κ1) is 8.11. The molecule has 2 atom stereocenters. The Hall–Kier alpha value is 0.110. The minimum atomic E-state index is -0.721. The summed E-state index contributed by atoms with van der Waals surface area (Å²) in [4.78, 5) is 0. The molecule has 3 heteroatoms. The first-order valence-electron chi connectivity index (χ1n) is 2.72. The Balaban J connectivity index is 3.24. The van der Waals surface area contributed by atoms with Gasteiger partial charge in [-0.3, -0.25) is 4.21 Å². The Bertz CT molecular complexity index is 84.5. The molecule has 0 amide bonds. The molecule has 2 unspecified atom stereocenters. The van der Waals surface area contributed by atoms with E-state index in [0.29, 0.717) is 5.75 Å². The highest BCUT2D eigenvalue weighted by molar-refractivity contribution is 7.84. The predicted molar refractivity (Wildman–Crippen MR) is 37.2 cm³/mol. The van der Waals surface area contributed by atoms with Crippen LogP contribution in [-0.4, -0.2) is 22.3 Å². The van der Waals surface area contributed by atoms with Crippen molar-refractivity contribution in [2.24, 2.45) is 5.73 Å². The van der Waals surface area contributed by atoms with Crippen molar-refractivity contribution in [2.45, 2.75) is 19.4 Å². The van der Waals surface area contributed by atoms with Crippen LogP contribution in [0.25, 0.3) is 0 Å². The van der Waals surface area contributed by atoms with E-state index in [9.17, 15) is 4.21 Å². The molecule has 0 aliphatic carbocycles. The van der Waals surface area contributed by atoms with Crippen molar-refractivity contribution < 1.29 is 4.21 Å². The number of hydrogen-bond acceptors (Lipinski definition) is 2. The maximum absolute atomic E-state index is 10.4. The molecule has 2 N–H and O–H groups in total. The van der Waals surface area contributed by atoms with Gasteiger partial charge in [-0.15, -0.1) is 0 Å².